The molecule has 166 valence electrons. The Morgan fingerprint density at radius 1 is 1.10 bits per heavy atom. The van der Waals surface area contributed by atoms with E-state index in [9.17, 15) is 4.79 Å². The van der Waals surface area contributed by atoms with Crippen molar-refractivity contribution in [2.24, 2.45) is 5.92 Å². The molecule has 2 aliphatic heterocycles. The van der Waals surface area contributed by atoms with Crippen LogP contribution in [0.5, 0.6) is 0 Å². The predicted octanol–water partition coefficient (Wildman–Crippen LogP) is 1.51. The van der Waals surface area contributed by atoms with Gasteiger partial charge < -0.3 is 10.6 Å². The first kappa shape index (κ1) is 24.1. The minimum absolute atomic E-state index is 0.0859. The van der Waals surface area contributed by atoms with Gasteiger partial charge in [-0.25, -0.2) is 0 Å². The molecular formula is C22H42N6O. The molecule has 0 aromatic heterocycles. The van der Waals surface area contributed by atoms with Crippen molar-refractivity contribution in [2.75, 3.05) is 39.4 Å². The molecular weight excluding hydrogens is 364 g/mol. The number of piperidine rings is 1. The van der Waals surface area contributed by atoms with Crippen molar-refractivity contribution in [3.8, 4) is 6.07 Å². The molecule has 29 heavy (non-hydrogen) atoms. The topological polar surface area (TPSA) is 83.4 Å². The molecule has 0 unspecified atom stereocenters. The highest BCUT2D eigenvalue weighted by Gasteiger charge is 2.33. The summed E-state index contributed by atoms with van der Waals surface area (Å²) >= 11 is 0. The summed E-state index contributed by atoms with van der Waals surface area (Å²) in [4.78, 5) is 17.3. The van der Waals surface area contributed by atoms with Gasteiger partial charge in [0.15, 0.2) is 0 Å². The lowest BCUT2D eigenvalue weighted by atomic mass is 9.89. The SMILES string of the molecule is CC(C)(C)N1CCN[C@H](CC(=O)NCN[C@@H]2C[C@@H](CC#N)CN(C(C)(C)C)C2)C1. The quantitative estimate of drug-likeness (QED) is 0.580. The fourth-order valence-corrected chi connectivity index (χ4v) is 4.34. The van der Waals surface area contributed by atoms with E-state index < -0.39 is 0 Å². The molecule has 0 aromatic rings. The third-order valence-electron chi connectivity index (χ3n) is 6.18. The molecule has 0 saturated carbocycles. The second-order valence-electron chi connectivity index (χ2n) is 10.7. The molecule has 0 aliphatic carbocycles. The number of hydrogen-bond acceptors (Lipinski definition) is 6. The van der Waals surface area contributed by atoms with Gasteiger partial charge >= 0.3 is 0 Å². The van der Waals surface area contributed by atoms with Crippen LogP contribution >= 0.6 is 0 Å². The highest BCUT2D eigenvalue weighted by molar-refractivity contribution is 5.76. The Morgan fingerprint density at radius 2 is 1.79 bits per heavy atom. The second-order valence-corrected chi connectivity index (χ2v) is 10.7. The van der Waals surface area contributed by atoms with Gasteiger partial charge in [0.2, 0.25) is 5.91 Å². The average Bonchev–Trinajstić information content (AvgIpc) is 2.60. The Morgan fingerprint density at radius 3 is 2.41 bits per heavy atom. The van der Waals surface area contributed by atoms with Crippen LogP contribution in [0.2, 0.25) is 0 Å². The number of carbonyl (C=O) groups excluding carboxylic acids is 1. The number of carbonyl (C=O) groups is 1. The Balaban J connectivity index is 1.76. The van der Waals surface area contributed by atoms with Crippen molar-refractivity contribution in [1.82, 2.24) is 25.8 Å². The highest BCUT2D eigenvalue weighted by atomic mass is 16.1. The van der Waals surface area contributed by atoms with Crippen molar-refractivity contribution in [3.05, 3.63) is 0 Å². The molecule has 3 atom stereocenters. The van der Waals surface area contributed by atoms with Gasteiger partial charge in [0, 0.05) is 68.7 Å². The monoisotopic (exact) mass is 406 g/mol. The van der Waals surface area contributed by atoms with E-state index in [1.165, 1.54) is 0 Å². The largest absolute Gasteiger partial charge is 0.343 e. The Kier molecular flexibility index (Phi) is 8.48. The van der Waals surface area contributed by atoms with E-state index in [1.807, 2.05) is 0 Å². The molecule has 0 aromatic carbocycles. The third-order valence-corrected chi connectivity index (χ3v) is 6.18. The van der Waals surface area contributed by atoms with Gasteiger partial charge in [0.05, 0.1) is 12.7 Å². The van der Waals surface area contributed by atoms with E-state index in [2.05, 4.69) is 73.4 Å². The fraction of sp³-hybridized carbons (Fsp3) is 0.909. The average molecular weight is 407 g/mol. The Bertz CT molecular complexity index is 573. The minimum atomic E-state index is 0.0859. The zero-order chi connectivity index (χ0) is 21.7. The number of rotatable bonds is 6. The first-order chi connectivity index (χ1) is 13.5. The van der Waals surface area contributed by atoms with Gasteiger partial charge in [-0.2, -0.15) is 5.26 Å². The van der Waals surface area contributed by atoms with Crippen LogP contribution in [0.15, 0.2) is 0 Å². The van der Waals surface area contributed by atoms with Gasteiger partial charge in [-0.1, -0.05) is 0 Å². The summed E-state index contributed by atoms with van der Waals surface area (Å²) in [5, 5.41) is 19.1. The molecule has 2 aliphatic rings. The number of piperazine rings is 1. The summed E-state index contributed by atoms with van der Waals surface area (Å²) in [6.07, 6.45) is 2.08. The van der Waals surface area contributed by atoms with Crippen LogP contribution in [0.4, 0.5) is 0 Å². The van der Waals surface area contributed by atoms with Crippen LogP contribution in [0.25, 0.3) is 0 Å². The third kappa shape index (κ3) is 7.86. The molecule has 7 nitrogen and oxygen atoms in total. The summed E-state index contributed by atoms with van der Waals surface area (Å²) in [7, 11) is 0. The predicted molar refractivity (Wildman–Crippen MR) is 117 cm³/mol. The summed E-state index contributed by atoms with van der Waals surface area (Å²) in [6, 6.07) is 2.83. The van der Waals surface area contributed by atoms with Crippen LogP contribution in [0.3, 0.4) is 0 Å². The second kappa shape index (κ2) is 10.2. The highest BCUT2D eigenvalue weighted by Crippen LogP contribution is 2.25. The number of hydrogen-bond donors (Lipinski definition) is 3. The van der Waals surface area contributed by atoms with E-state index in [4.69, 9.17) is 5.26 Å². The molecule has 2 rings (SSSR count). The molecule has 0 radical (unpaired) electrons. The summed E-state index contributed by atoms with van der Waals surface area (Å²) < 4.78 is 0. The van der Waals surface area contributed by atoms with Crippen LogP contribution in [0.1, 0.15) is 60.8 Å². The van der Waals surface area contributed by atoms with Gasteiger partial charge in [-0.3, -0.25) is 19.9 Å². The number of likely N-dealkylation sites (tertiary alicyclic amines) is 1. The summed E-state index contributed by atoms with van der Waals surface area (Å²) in [5.41, 5.74) is 0.223. The molecule has 3 N–H and O–H groups in total. The smallest absolute Gasteiger partial charge is 0.222 e. The van der Waals surface area contributed by atoms with Crippen molar-refractivity contribution in [2.45, 2.75) is 84.0 Å². The number of amides is 1. The molecule has 0 bridgehead atoms. The van der Waals surface area contributed by atoms with E-state index in [0.29, 0.717) is 31.5 Å². The van der Waals surface area contributed by atoms with Gasteiger partial charge in [-0.15, -0.1) is 0 Å². The van der Waals surface area contributed by atoms with Gasteiger partial charge in [0.25, 0.3) is 0 Å². The standard InChI is InChI=1S/C22H42N6O/c1-21(2,3)27-10-9-24-19(14-27)12-20(29)26-16-25-18-11-17(7-8-23)13-28(15-18)22(4,5)6/h17-19,24-25H,7,9-16H2,1-6H3,(H,26,29)/t17-,18-,19-/m1/s1. The van der Waals surface area contributed by atoms with E-state index in [0.717, 1.165) is 39.1 Å². The lowest BCUT2D eigenvalue weighted by molar-refractivity contribution is -0.122. The van der Waals surface area contributed by atoms with E-state index in [1.54, 1.807) is 0 Å². The Hall–Kier alpha value is -1.20. The summed E-state index contributed by atoms with van der Waals surface area (Å²) in [5.74, 6) is 0.471. The lowest BCUT2D eigenvalue weighted by Gasteiger charge is -2.44. The van der Waals surface area contributed by atoms with Gasteiger partial charge in [0.1, 0.15) is 0 Å². The molecule has 2 saturated heterocycles. The molecule has 7 heteroatoms. The summed E-state index contributed by atoms with van der Waals surface area (Å²) in [6.45, 7) is 18.6. The van der Waals surface area contributed by atoms with Crippen molar-refractivity contribution < 1.29 is 4.79 Å². The Labute approximate surface area is 177 Å². The van der Waals surface area contributed by atoms with Crippen molar-refractivity contribution >= 4 is 5.91 Å². The number of nitrogens with zero attached hydrogens (tertiary/aromatic N) is 3. The first-order valence-electron chi connectivity index (χ1n) is 11.1. The van der Waals surface area contributed by atoms with E-state index in [-0.39, 0.29) is 23.0 Å². The van der Waals surface area contributed by atoms with Crippen LogP contribution in [-0.2, 0) is 4.79 Å². The van der Waals surface area contributed by atoms with Crippen molar-refractivity contribution in [3.63, 3.8) is 0 Å². The molecule has 0 spiro atoms. The molecule has 2 fully saturated rings. The number of nitrogens with one attached hydrogen (secondary N) is 3. The maximum atomic E-state index is 12.4. The first-order valence-corrected chi connectivity index (χ1v) is 11.1. The fourth-order valence-electron chi connectivity index (χ4n) is 4.34. The maximum absolute atomic E-state index is 12.4. The van der Waals surface area contributed by atoms with Crippen LogP contribution in [0, 0.1) is 17.2 Å². The zero-order valence-electron chi connectivity index (χ0n) is 19.3. The van der Waals surface area contributed by atoms with Gasteiger partial charge in [-0.05, 0) is 53.9 Å². The lowest BCUT2D eigenvalue weighted by Crippen LogP contribution is -2.58. The normalized spacial score (nSPS) is 27.4. The number of nitriles is 1. The molecule has 2 heterocycles. The van der Waals surface area contributed by atoms with Crippen LogP contribution in [-0.4, -0.2) is 78.3 Å². The van der Waals surface area contributed by atoms with Crippen molar-refractivity contribution in [1.29, 1.82) is 5.26 Å². The van der Waals surface area contributed by atoms with Crippen LogP contribution < -0.4 is 16.0 Å². The van der Waals surface area contributed by atoms with E-state index >= 15 is 0 Å². The minimum Gasteiger partial charge on any atom is -0.343 e. The zero-order valence-corrected chi connectivity index (χ0v) is 19.3. The molecule has 1 amide bonds. The maximum Gasteiger partial charge on any atom is 0.222 e.